The minimum Gasteiger partial charge on any atom is -0.454 e. The van der Waals surface area contributed by atoms with E-state index in [2.05, 4.69) is 17.1 Å². The van der Waals surface area contributed by atoms with Crippen molar-refractivity contribution in [3.05, 3.63) is 96.2 Å². The Bertz CT molecular complexity index is 1130. The number of benzene rings is 3. The highest BCUT2D eigenvalue weighted by atomic mass is 16.5. The van der Waals surface area contributed by atoms with Gasteiger partial charge in [0.1, 0.15) is 11.4 Å². The number of aromatic nitrogens is 1. The lowest BCUT2D eigenvalue weighted by atomic mass is 10.0. The zero-order chi connectivity index (χ0) is 16.6. The molecule has 1 aliphatic heterocycles. The van der Waals surface area contributed by atoms with Gasteiger partial charge in [0.25, 0.3) is 0 Å². The van der Waals surface area contributed by atoms with Crippen LogP contribution >= 0.6 is 0 Å². The zero-order valence-electron chi connectivity index (χ0n) is 13.4. The fraction of sp³-hybridized carbons (Fsp3) is 0. The van der Waals surface area contributed by atoms with E-state index in [-0.39, 0.29) is 0 Å². The molecule has 25 heavy (non-hydrogen) atoms. The number of hydrogen-bond acceptors (Lipinski definition) is 3. The molecule has 3 aromatic carbocycles. The molecular weight excluding hydrogens is 308 g/mol. The maximum atomic E-state index is 6.11. The topological polar surface area (TPSA) is 34.5 Å². The molecule has 0 atom stereocenters. The molecule has 3 nitrogen and oxygen atoms in total. The van der Waals surface area contributed by atoms with Crippen LogP contribution in [0.3, 0.4) is 0 Å². The van der Waals surface area contributed by atoms with Crippen molar-refractivity contribution in [1.29, 1.82) is 0 Å². The van der Waals surface area contributed by atoms with E-state index in [1.165, 1.54) is 0 Å². The average molecular weight is 322 g/mol. The van der Waals surface area contributed by atoms with E-state index in [1.807, 2.05) is 72.9 Å². The van der Waals surface area contributed by atoms with Crippen molar-refractivity contribution in [2.24, 2.45) is 4.99 Å². The van der Waals surface area contributed by atoms with E-state index >= 15 is 0 Å². The summed E-state index contributed by atoms with van der Waals surface area (Å²) in [7, 11) is 0. The summed E-state index contributed by atoms with van der Waals surface area (Å²) in [6, 6.07) is 26.1. The SMILES string of the molecule is c1ccc2c(c1)N=C(c1cnc3ccccc3c1)c1ccccc1O2. The van der Waals surface area contributed by atoms with Crippen LogP contribution in [0, 0.1) is 0 Å². The molecule has 0 N–H and O–H groups in total. The smallest absolute Gasteiger partial charge is 0.153 e. The first-order valence-electron chi connectivity index (χ1n) is 8.19. The molecule has 0 saturated carbocycles. The van der Waals surface area contributed by atoms with Crippen molar-refractivity contribution in [2.75, 3.05) is 0 Å². The van der Waals surface area contributed by atoms with E-state index in [0.717, 1.165) is 44.9 Å². The summed E-state index contributed by atoms with van der Waals surface area (Å²) in [6.45, 7) is 0. The molecule has 0 spiro atoms. The van der Waals surface area contributed by atoms with Crippen molar-refractivity contribution in [3.63, 3.8) is 0 Å². The van der Waals surface area contributed by atoms with Gasteiger partial charge >= 0.3 is 0 Å². The number of fused-ring (bicyclic) bond motifs is 3. The Hall–Kier alpha value is -3.46. The van der Waals surface area contributed by atoms with Crippen molar-refractivity contribution in [3.8, 4) is 11.5 Å². The molecule has 2 heterocycles. The number of ether oxygens (including phenoxy) is 1. The highest BCUT2D eigenvalue weighted by Gasteiger charge is 2.19. The molecule has 0 aliphatic carbocycles. The molecule has 3 heteroatoms. The second-order valence-electron chi connectivity index (χ2n) is 5.94. The highest BCUT2D eigenvalue weighted by Crippen LogP contribution is 2.38. The molecule has 0 saturated heterocycles. The first kappa shape index (κ1) is 13.9. The second-order valence-corrected chi connectivity index (χ2v) is 5.94. The highest BCUT2D eigenvalue weighted by molar-refractivity contribution is 6.16. The molecule has 0 bridgehead atoms. The summed E-state index contributed by atoms with van der Waals surface area (Å²) in [6.07, 6.45) is 1.88. The van der Waals surface area contributed by atoms with Crippen LogP contribution in [-0.4, -0.2) is 10.7 Å². The van der Waals surface area contributed by atoms with E-state index in [9.17, 15) is 0 Å². The summed E-state index contributed by atoms with van der Waals surface area (Å²) in [4.78, 5) is 9.50. The summed E-state index contributed by atoms with van der Waals surface area (Å²) < 4.78 is 6.11. The normalized spacial score (nSPS) is 12.6. The van der Waals surface area contributed by atoms with Gasteiger partial charge in [0, 0.05) is 22.7 Å². The molecule has 0 amide bonds. The predicted molar refractivity (Wildman–Crippen MR) is 100 cm³/mol. The maximum Gasteiger partial charge on any atom is 0.153 e. The molecular formula is C22H14N2O. The molecule has 0 fully saturated rings. The van der Waals surface area contributed by atoms with E-state index < -0.39 is 0 Å². The third-order valence-corrected chi connectivity index (χ3v) is 4.32. The van der Waals surface area contributed by atoms with Gasteiger partial charge in [-0.25, -0.2) is 4.99 Å². The van der Waals surface area contributed by atoms with Gasteiger partial charge in [0.15, 0.2) is 5.75 Å². The van der Waals surface area contributed by atoms with E-state index in [1.54, 1.807) is 0 Å². The summed E-state index contributed by atoms with van der Waals surface area (Å²) in [5, 5.41) is 1.10. The monoisotopic (exact) mass is 322 g/mol. The van der Waals surface area contributed by atoms with Gasteiger partial charge in [-0.3, -0.25) is 4.98 Å². The Kier molecular flexibility index (Phi) is 3.10. The van der Waals surface area contributed by atoms with Gasteiger partial charge in [0.05, 0.1) is 11.2 Å². The van der Waals surface area contributed by atoms with Crippen LogP contribution in [0.15, 0.2) is 90.1 Å². The lowest BCUT2D eigenvalue weighted by Gasteiger charge is -2.10. The predicted octanol–water partition coefficient (Wildman–Crippen LogP) is 5.51. The lowest BCUT2D eigenvalue weighted by molar-refractivity contribution is 0.485. The zero-order valence-corrected chi connectivity index (χ0v) is 13.4. The number of nitrogens with zero attached hydrogens (tertiary/aromatic N) is 2. The molecule has 0 unspecified atom stereocenters. The molecule has 1 aliphatic rings. The molecule has 4 aromatic rings. The Morgan fingerprint density at radius 1 is 0.720 bits per heavy atom. The number of hydrogen-bond donors (Lipinski definition) is 0. The molecule has 118 valence electrons. The fourth-order valence-corrected chi connectivity index (χ4v) is 3.11. The van der Waals surface area contributed by atoms with Gasteiger partial charge in [-0.2, -0.15) is 0 Å². The number of aliphatic imine (C=N–C) groups is 1. The largest absolute Gasteiger partial charge is 0.454 e. The lowest BCUT2D eigenvalue weighted by Crippen LogP contribution is -2.04. The quantitative estimate of drug-likeness (QED) is 0.408. The number of para-hydroxylation sites is 4. The standard InChI is InChI=1S/C22H14N2O/c1-3-9-18-15(7-1)13-16(14-23-18)22-17-8-2-5-11-20(17)25-21-12-6-4-10-19(21)24-22/h1-14H. The number of pyridine rings is 1. The Labute approximate surface area is 145 Å². The minimum absolute atomic E-state index is 0.763. The first-order valence-corrected chi connectivity index (χ1v) is 8.19. The van der Waals surface area contributed by atoms with Crippen molar-refractivity contribution in [2.45, 2.75) is 0 Å². The minimum atomic E-state index is 0.763. The van der Waals surface area contributed by atoms with Crippen molar-refractivity contribution >= 4 is 22.3 Å². The fourth-order valence-electron chi connectivity index (χ4n) is 3.11. The summed E-state index contributed by atoms with van der Waals surface area (Å²) in [5.41, 5.74) is 4.62. The van der Waals surface area contributed by atoms with Crippen LogP contribution in [0.25, 0.3) is 10.9 Å². The maximum absolute atomic E-state index is 6.11. The van der Waals surface area contributed by atoms with Gasteiger partial charge < -0.3 is 4.74 Å². The van der Waals surface area contributed by atoms with Crippen molar-refractivity contribution in [1.82, 2.24) is 4.98 Å². The number of rotatable bonds is 1. The molecule has 5 rings (SSSR count). The van der Waals surface area contributed by atoms with Gasteiger partial charge in [-0.15, -0.1) is 0 Å². The average Bonchev–Trinajstić information content (AvgIpc) is 2.84. The van der Waals surface area contributed by atoms with Crippen LogP contribution in [-0.2, 0) is 0 Å². The van der Waals surface area contributed by atoms with Gasteiger partial charge in [-0.05, 0) is 36.4 Å². The summed E-state index contributed by atoms with van der Waals surface area (Å²) in [5.74, 6) is 1.57. The van der Waals surface area contributed by atoms with Gasteiger partial charge in [-0.1, -0.05) is 42.5 Å². The Morgan fingerprint density at radius 2 is 1.48 bits per heavy atom. The second kappa shape index (κ2) is 5.56. The van der Waals surface area contributed by atoms with Gasteiger partial charge in [0.2, 0.25) is 0 Å². The third kappa shape index (κ3) is 2.37. The van der Waals surface area contributed by atoms with Crippen molar-refractivity contribution < 1.29 is 4.74 Å². The molecule has 0 radical (unpaired) electrons. The van der Waals surface area contributed by atoms with E-state index in [4.69, 9.17) is 9.73 Å². The van der Waals surface area contributed by atoms with Crippen LogP contribution in [0.4, 0.5) is 5.69 Å². The van der Waals surface area contributed by atoms with Crippen LogP contribution < -0.4 is 4.74 Å². The Balaban J connectivity index is 1.78. The first-order chi connectivity index (χ1) is 12.4. The van der Waals surface area contributed by atoms with Crippen LogP contribution in [0.1, 0.15) is 11.1 Å². The third-order valence-electron chi connectivity index (χ3n) is 4.32. The van der Waals surface area contributed by atoms with E-state index in [0.29, 0.717) is 0 Å². The molecule has 1 aromatic heterocycles. The van der Waals surface area contributed by atoms with Crippen LogP contribution in [0.5, 0.6) is 11.5 Å². The van der Waals surface area contributed by atoms with Crippen LogP contribution in [0.2, 0.25) is 0 Å². The summed E-state index contributed by atoms with van der Waals surface area (Å²) >= 11 is 0. The Morgan fingerprint density at radius 3 is 2.44 bits per heavy atom.